The van der Waals surface area contributed by atoms with E-state index in [1.807, 2.05) is 24.3 Å². The summed E-state index contributed by atoms with van der Waals surface area (Å²) >= 11 is 0. The van der Waals surface area contributed by atoms with Crippen molar-refractivity contribution in [1.82, 2.24) is 9.55 Å². The summed E-state index contributed by atoms with van der Waals surface area (Å²) in [5, 5.41) is 12.0. The van der Waals surface area contributed by atoms with Gasteiger partial charge in [-0.3, -0.25) is 9.79 Å². The lowest BCUT2D eigenvalue weighted by atomic mass is 9.84. The van der Waals surface area contributed by atoms with Gasteiger partial charge in [0.15, 0.2) is 5.60 Å². The molecule has 30 heavy (non-hydrogen) atoms. The Hall–Kier alpha value is -3.52. The number of ether oxygens (including phenoxy) is 1. The number of hydrogen-bond acceptors (Lipinski definition) is 7. The normalized spacial score (nSPS) is 19.6. The molecule has 3 N–H and O–H groups in total. The summed E-state index contributed by atoms with van der Waals surface area (Å²) in [6, 6.07) is 7.66. The number of para-hydroxylation sites is 1. The van der Waals surface area contributed by atoms with Gasteiger partial charge in [-0.2, -0.15) is 0 Å². The van der Waals surface area contributed by atoms with Crippen LogP contribution in [0, 0.1) is 0 Å². The number of nitrogens with two attached hydrogens (primary N) is 1. The van der Waals surface area contributed by atoms with Crippen LogP contribution in [-0.2, 0) is 28.3 Å². The van der Waals surface area contributed by atoms with Crippen LogP contribution in [0.4, 0.5) is 5.69 Å². The quantitative estimate of drug-likeness (QED) is 0.388. The van der Waals surface area contributed by atoms with Gasteiger partial charge in [-0.25, -0.2) is 9.78 Å². The molecule has 0 radical (unpaired) electrons. The van der Waals surface area contributed by atoms with Crippen LogP contribution in [0.3, 0.4) is 0 Å². The van der Waals surface area contributed by atoms with E-state index >= 15 is 0 Å². The van der Waals surface area contributed by atoms with Crippen molar-refractivity contribution < 1.29 is 14.6 Å². The summed E-state index contributed by atoms with van der Waals surface area (Å²) in [5.74, 6) is -0.794. The van der Waals surface area contributed by atoms with E-state index in [4.69, 9.17) is 15.5 Å². The highest BCUT2D eigenvalue weighted by molar-refractivity contribution is 6.03. The van der Waals surface area contributed by atoms with Crippen molar-refractivity contribution in [2.24, 2.45) is 4.99 Å². The number of benzene rings is 1. The van der Waals surface area contributed by atoms with Crippen LogP contribution in [0.1, 0.15) is 35.6 Å². The number of rotatable bonds is 2. The highest BCUT2D eigenvalue weighted by atomic mass is 16.6. The maximum absolute atomic E-state index is 13.3. The largest absolute Gasteiger partial charge is 0.458 e. The predicted octanol–water partition coefficient (Wildman–Crippen LogP) is 1.71. The number of pyridine rings is 2. The molecule has 5 rings (SSSR count). The van der Waals surface area contributed by atoms with Crippen LogP contribution in [0.5, 0.6) is 0 Å². The first kappa shape index (κ1) is 18.5. The third-order valence-corrected chi connectivity index (χ3v) is 6.05. The molecule has 152 valence electrons. The number of hydrogen-bond donors (Lipinski definition) is 2. The molecule has 0 amide bonds. The van der Waals surface area contributed by atoms with Gasteiger partial charge in [-0.15, -0.1) is 0 Å². The Morgan fingerprint density at radius 3 is 2.83 bits per heavy atom. The number of aliphatic imine (C=N–C) groups is 1. The second-order valence-corrected chi connectivity index (χ2v) is 7.55. The lowest BCUT2D eigenvalue weighted by Crippen LogP contribution is -2.45. The first-order valence-corrected chi connectivity index (χ1v) is 9.71. The van der Waals surface area contributed by atoms with Gasteiger partial charge in [0.25, 0.3) is 5.56 Å². The highest BCUT2D eigenvalue weighted by Gasteiger charge is 2.47. The molecule has 1 aromatic carbocycles. The molecule has 0 bridgehead atoms. The van der Waals surface area contributed by atoms with Crippen molar-refractivity contribution in [3.63, 3.8) is 0 Å². The SMILES string of the molecule is CC[C@@]1(O)C(=O)OCc2c1c(N)c1n(c2=O)Cc2c-1nc1ccccc1c2/C=N/C. The number of aromatic nitrogens is 2. The summed E-state index contributed by atoms with van der Waals surface area (Å²) in [6.45, 7) is 1.71. The number of carbonyl (C=O) groups excluding carboxylic acids is 1. The number of nitrogens with zero attached hydrogens (tertiary/aromatic N) is 3. The minimum Gasteiger partial charge on any atom is -0.458 e. The summed E-state index contributed by atoms with van der Waals surface area (Å²) in [4.78, 5) is 34.7. The van der Waals surface area contributed by atoms with E-state index in [1.165, 1.54) is 0 Å². The van der Waals surface area contributed by atoms with Gasteiger partial charge >= 0.3 is 5.97 Å². The molecule has 0 saturated carbocycles. The van der Waals surface area contributed by atoms with E-state index in [-0.39, 0.29) is 41.9 Å². The van der Waals surface area contributed by atoms with E-state index in [0.29, 0.717) is 11.4 Å². The highest BCUT2D eigenvalue weighted by Crippen LogP contribution is 2.44. The summed E-state index contributed by atoms with van der Waals surface area (Å²) in [7, 11) is 1.69. The Morgan fingerprint density at radius 1 is 1.33 bits per heavy atom. The number of aliphatic hydroxyl groups is 1. The van der Waals surface area contributed by atoms with Crippen LogP contribution in [0.25, 0.3) is 22.3 Å². The van der Waals surface area contributed by atoms with E-state index < -0.39 is 11.6 Å². The van der Waals surface area contributed by atoms with Crippen molar-refractivity contribution in [3.05, 3.63) is 56.9 Å². The molecule has 2 aliphatic heterocycles. The second-order valence-electron chi connectivity index (χ2n) is 7.55. The van der Waals surface area contributed by atoms with Gasteiger partial charge in [0, 0.05) is 35.3 Å². The maximum atomic E-state index is 13.3. The molecule has 2 aliphatic rings. The van der Waals surface area contributed by atoms with E-state index in [2.05, 4.69) is 4.99 Å². The lowest BCUT2D eigenvalue weighted by molar-refractivity contribution is -0.172. The molecule has 8 heteroatoms. The molecular weight excluding hydrogens is 384 g/mol. The second kappa shape index (κ2) is 6.24. The zero-order chi connectivity index (χ0) is 21.2. The molecule has 3 aromatic rings. The Kier molecular flexibility index (Phi) is 3.85. The molecule has 8 nitrogen and oxygen atoms in total. The average molecular weight is 404 g/mol. The van der Waals surface area contributed by atoms with Crippen molar-refractivity contribution in [2.45, 2.75) is 32.1 Å². The number of cyclic esters (lactones) is 1. The minimum atomic E-state index is -1.96. The summed E-state index contributed by atoms with van der Waals surface area (Å²) in [5.41, 5.74) is 8.20. The number of fused-ring (bicyclic) bond motifs is 5. The van der Waals surface area contributed by atoms with E-state index in [0.717, 1.165) is 22.0 Å². The lowest BCUT2D eigenvalue weighted by Gasteiger charge is -2.33. The minimum absolute atomic E-state index is 0.0394. The third kappa shape index (κ3) is 2.19. The summed E-state index contributed by atoms with van der Waals surface area (Å²) in [6.07, 6.45) is 1.79. The van der Waals surface area contributed by atoms with Crippen LogP contribution in [0.2, 0.25) is 0 Å². The number of carbonyl (C=O) groups is 1. The van der Waals surface area contributed by atoms with Gasteiger partial charge in [0.05, 0.1) is 34.7 Å². The van der Waals surface area contributed by atoms with Gasteiger partial charge in [0.2, 0.25) is 0 Å². The number of nitrogen functional groups attached to an aromatic ring is 1. The van der Waals surface area contributed by atoms with Gasteiger partial charge in [0.1, 0.15) is 6.61 Å². The van der Waals surface area contributed by atoms with Crippen molar-refractivity contribution >= 4 is 28.8 Å². The van der Waals surface area contributed by atoms with Crippen molar-refractivity contribution in [3.8, 4) is 11.4 Å². The molecule has 1 atom stereocenters. The molecule has 4 heterocycles. The van der Waals surface area contributed by atoms with Crippen molar-refractivity contribution in [2.75, 3.05) is 12.8 Å². The van der Waals surface area contributed by atoms with E-state index in [9.17, 15) is 14.7 Å². The number of esters is 1. The topological polar surface area (TPSA) is 120 Å². The van der Waals surface area contributed by atoms with Gasteiger partial charge in [-0.05, 0) is 12.5 Å². The molecule has 0 saturated heterocycles. The molecule has 0 fully saturated rings. The van der Waals surface area contributed by atoms with Crippen LogP contribution in [0.15, 0.2) is 34.1 Å². The van der Waals surface area contributed by atoms with E-state index in [1.54, 1.807) is 24.8 Å². The fraction of sp³-hybridized carbons (Fsp3) is 0.273. The fourth-order valence-corrected chi connectivity index (χ4v) is 4.56. The van der Waals surface area contributed by atoms with Gasteiger partial charge < -0.3 is 20.1 Å². The Bertz CT molecular complexity index is 1340. The van der Waals surface area contributed by atoms with Gasteiger partial charge in [-0.1, -0.05) is 25.1 Å². The Balaban J connectivity index is 1.91. The molecule has 2 aromatic heterocycles. The fourth-order valence-electron chi connectivity index (χ4n) is 4.56. The standard InChI is InChI=1S/C22H20N4O4/c1-3-22(29)16-14(10-30-21(22)28)20(27)26-9-13-12(8-24-2)11-6-4-5-7-15(11)25-18(13)19(26)17(16)23/h4-8,29H,3,9-10,23H2,1-2H3/b24-8+/t22-/m0/s1. The summed E-state index contributed by atoms with van der Waals surface area (Å²) < 4.78 is 6.66. The number of anilines is 1. The first-order chi connectivity index (χ1) is 14.4. The Morgan fingerprint density at radius 2 is 2.10 bits per heavy atom. The maximum Gasteiger partial charge on any atom is 0.343 e. The molecule has 0 spiro atoms. The smallest absolute Gasteiger partial charge is 0.343 e. The van der Waals surface area contributed by atoms with Crippen molar-refractivity contribution in [1.29, 1.82) is 0 Å². The molecular formula is C22H20N4O4. The zero-order valence-corrected chi connectivity index (χ0v) is 16.6. The predicted molar refractivity (Wildman–Crippen MR) is 112 cm³/mol. The monoisotopic (exact) mass is 404 g/mol. The Labute approximate surface area is 171 Å². The van der Waals surface area contributed by atoms with Crippen LogP contribution < -0.4 is 11.3 Å². The molecule has 0 unspecified atom stereocenters. The molecule has 0 aliphatic carbocycles. The third-order valence-electron chi connectivity index (χ3n) is 6.05. The van der Waals surface area contributed by atoms with Crippen LogP contribution in [-0.4, -0.2) is 33.9 Å². The first-order valence-electron chi connectivity index (χ1n) is 9.71. The average Bonchev–Trinajstić information content (AvgIpc) is 3.13. The van der Waals surface area contributed by atoms with Crippen LogP contribution >= 0.6 is 0 Å². The zero-order valence-electron chi connectivity index (χ0n) is 16.6.